The molecule has 0 aromatic rings. The number of rotatable bonds is 5. The fourth-order valence-electron chi connectivity index (χ4n) is 1.20. The second-order valence-corrected chi connectivity index (χ2v) is 3.83. The number of hydrogen-bond donors (Lipinski definition) is 2. The first-order valence-corrected chi connectivity index (χ1v) is 5.14. The molecule has 0 aromatic heterocycles. The number of carboxylic acid groups (broad SMARTS) is 1. The minimum Gasteiger partial charge on any atom is -0.480 e. The van der Waals surface area contributed by atoms with Crippen LogP contribution in [-0.4, -0.2) is 41.1 Å². The molecule has 15 heavy (non-hydrogen) atoms. The molecule has 0 spiro atoms. The highest BCUT2D eigenvalue weighted by molar-refractivity contribution is 5.85. The molecule has 0 aliphatic heterocycles. The van der Waals surface area contributed by atoms with Gasteiger partial charge in [-0.25, -0.2) is 9.59 Å². The van der Waals surface area contributed by atoms with E-state index in [0.717, 1.165) is 0 Å². The SMILES string of the molecule is CCCC(C)(NC(=O)N(C)CC)C(=O)O. The minimum absolute atomic E-state index is 0.351. The molecule has 5 nitrogen and oxygen atoms in total. The van der Waals surface area contributed by atoms with Crippen LogP contribution in [0.2, 0.25) is 0 Å². The van der Waals surface area contributed by atoms with E-state index in [0.29, 0.717) is 19.4 Å². The number of carbonyl (C=O) groups is 2. The highest BCUT2D eigenvalue weighted by Crippen LogP contribution is 2.12. The molecule has 0 rings (SSSR count). The molecule has 2 N–H and O–H groups in total. The van der Waals surface area contributed by atoms with E-state index in [1.54, 1.807) is 7.05 Å². The van der Waals surface area contributed by atoms with Crippen molar-refractivity contribution < 1.29 is 14.7 Å². The van der Waals surface area contributed by atoms with Crippen molar-refractivity contribution in [3.05, 3.63) is 0 Å². The summed E-state index contributed by atoms with van der Waals surface area (Å²) in [6.45, 7) is 5.79. The Morgan fingerprint density at radius 3 is 2.27 bits per heavy atom. The van der Waals surface area contributed by atoms with Gasteiger partial charge in [-0.05, 0) is 20.3 Å². The molecule has 0 heterocycles. The van der Waals surface area contributed by atoms with E-state index in [9.17, 15) is 9.59 Å². The lowest BCUT2D eigenvalue weighted by Crippen LogP contribution is -2.55. The molecule has 0 aliphatic carbocycles. The lowest BCUT2D eigenvalue weighted by molar-refractivity contribution is -0.144. The number of amides is 2. The Kier molecular flexibility index (Phi) is 5.11. The monoisotopic (exact) mass is 216 g/mol. The van der Waals surface area contributed by atoms with Crippen molar-refractivity contribution in [3.63, 3.8) is 0 Å². The molecule has 0 saturated heterocycles. The van der Waals surface area contributed by atoms with E-state index < -0.39 is 11.5 Å². The Balaban J connectivity index is 4.55. The number of carboxylic acids is 1. The molecule has 1 atom stereocenters. The van der Waals surface area contributed by atoms with Gasteiger partial charge in [0.05, 0.1) is 0 Å². The summed E-state index contributed by atoms with van der Waals surface area (Å²) < 4.78 is 0. The predicted octanol–water partition coefficient (Wildman–Crippen LogP) is 1.29. The van der Waals surface area contributed by atoms with Crippen LogP contribution in [0.25, 0.3) is 0 Å². The van der Waals surface area contributed by atoms with Crippen LogP contribution in [0.1, 0.15) is 33.6 Å². The second kappa shape index (κ2) is 5.58. The number of nitrogens with zero attached hydrogens (tertiary/aromatic N) is 1. The third kappa shape index (κ3) is 3.77. The number of urea groups is 1. The third-order valence-corrected chi connectivity index (χ3v) is 2.43. The molecule has 0 aliphatic rings. The molecule has 0 bridgehead atoms. The summed E-state index contributed by atoms with van der Waals surface area (Å²) >= 11 is 0. The summed E-state index contributed by atoms with van der Waals surface area (Å²) in [5, 5.41) is 11.6. The molecule has 5 heteroatoms. The van der Waals surface area contributed by atoms with Crippen LogP contribution in [0, 0.1) is 0 Å². The zero-order chi connectivity index (χ0) is 12.1. The Morgan fingerprint density at radius 1 is 1.40 bits per heavy atom. The van der Waals surface area contributed by atoms with E-state index in [-0.39, 0.29) is 6.03 Å². The van der Waals surface area contributed by atoms with Crippen LogP contribution in [0.3, 0.4) is 0 Å². The van der Waals surface area contributed by atoms with Crippen LogP contribution in [-0.2, 0) is 4.79 Å². The molecule has 88 valence electrons. The van der Waals surface area contributed by atoms with E-state index in [1.807, 2.05) is 13.8 Å². The van der Waals surface area contributed by atoms with Gasteiger partial charge in [-0.3, -0.25) is 0 Å². The van der Waals surface area contributed by atoms with E-state index in [2.05, 4.69) is 5.32 Å². The lowest BCUT2D eigenvalue weighted by atomic mass is 9.96. The fraction of sp³-hybridized carbons (Fsp3) is 0.800. The Hall–Kier alpha value is -1.26. The number of aliphatic carboxylic acids is 1. The highest BCUT2D eigenvalue weighted by Gasteiger charge is 2.34. The van der Waals surface area contributed by atoms with Gasteiger partial charge in [-0.15, -0.1) is 0 Å². The first-order chi connectivity index (χ1) is 6.87. The molecule has 0 aromatic carbocycles. The molecule has 1 unspecified atom stereocenters. The fourth-order valence-corrected chi connectivity index (χ4v) is 1.20. The molecule has 0 saturated carbocycles. The summed E-state index contributed by atoms with van der Waals surface area (Å²) in [4.78, 5) is 24.0. The molecule has 0 fully saturated rings. The van der Waals surface area contributed by atoms with Gasteiger partial charge < -0.3 is 15.3 Å². The van der Waals surface area contributed by atoms with Crippen molar-refractivity contribution in [2.24, 2.45) is 0 Å². The van der Waals surface area contributed by atoms with Gasteiger partial charge in [0.25, 0.3) is 0 Å². The standard InChI is InChI=1S/C10H20N2O3/c1-5-7-10(3,8(13)14)11-9(15)12(4)6-2/h5-7H2,1-4H3,(H,11,15)(H,13,14). The van der Waals surface area contributed by atoms with Crippen LogP contribution >= 0.6 is 0 Å². The summed E-state index contributed by atoms with van der Waals surface area (Å²) in [6, 6.07) is -0.351. The molecule has 0 radical (unpaired) electrons. The van der Waals surface area contributed by atoms with Crippen molar-refractivity contribution in [2.45, 2.75) is 39.2 Å². The lowest BCUT2D eigenvalue weighted by Gasteiger charge is -2.28. The maximum Gasteiger partial charge on any atom is 0.329 e. The number of nitrogens with one attached hydrogen (secondary N) is 1. The third-order valence-electron chi connectivity index (χ3n) is 2.43. The van der Waals surface area contributed by atoms with Crippen molar-refractivity contribution in [1.29, 1.82) is 0 Å². The average molecular weight is 216 g/mol. The highest BCUT2D eigenvalue weighted by atomic mass is 16.4. The zero-order valence-electron chi connectivity index (χ0n) is 9.83. The van der Waals surface area contributed by atoms with Crippen molar-refractivity contribution in [1.82, 2.24) is 10.2 Å². The predicted molar refractivity (Wildman–Crippen MR) is 57.8 cm³/mol. The van der Waals surface area contributed by atoms with Gasteiger partial charge in [-0.1, -0.05) is 13.3 Å². The summed E-state index contributed by atoms with van der Waals surface area (Å²) in [5.74, 6) is -0.998. The molecule has 2 amide bonds. The minimum atomic E-state index is -1.17. The van der Waals surface area contributed by atoms with Gasteiger partial charge in [0.1, 0.15) is 5.54 Å². The smallest absolute Gasteiger partial charge is 0.329 e. The van der Waals surface area contributed by atoms with E-state index in [4.69, 9.17) is 5.11 Å². The average Bonchev–Trinajstić information content (AvgIpc) is 2.16. The summed E-state index contributed by atoms with van der Waals surface area (Å²) in [7, 11) is 1.63. The quantitative estimate of drug-likeness (QED) is 0.727. The van der Waals surface area contributed by atoms with Gasteiger partial charge >= 0.3 is 12.0 Å². The summed E-state index contributed by atoms with van der Waals surface area (Å²) in [6.07, 6.45) is 1.13. The van der Waals surface area contributed by atoms with Gasteiger partial charge in [0.2, 0.25) is 0 Å². The summed E-state index contributed by atoms with van der Waals surface area (Å²) in [5.41, 5.74) is -1.17. The van der Waals surface area contributed by atoms with Crippen LogP contribution in [0.15, 0.2) is 0 Å². The molecular formula is C10H20N2O3. The topological polar surface area (TPSA) is 69.6 Å². The van der Waals surface area contributed by atoms with Gasteiger partial charge in [0, 0.05) is 13.6 Å². The Bertz CT molecular complexity index is 243. The maximum absolute atomic E-state index is 11.5. The maximum atomic E-state index is 11.5. The number of carbonyl (C=O) groups excluding carboxylic acids is 1. The Labute approximate surface area is 90.5 Å². The molecular weight excluding hydrogens is 196 g/mol. The van der Waals surface area contributed by atoms with Crippen LogP contribution in [0.4, 0.5) is 4.79 Å². The van der Waals surface area contributed by atoms with E-state index >= 15 is 0 Å². The zero-order valence-corrected chi connectivity index (χ0v) is 9.83. The number of hydrogen-bond acceptors (Lipinski definition) is 2. The van der Waals surface area contributed by atoms with Gasteiger partial charge in [-0.2, -0.15) is 0 Å². The van der Waals surface area contributed by atoms with Crippen molar-refractivity contribution >= 4 is 12.0 Å². The normalized spacial score (nSPS) is 14.1. The Morgan fingerprint density at radius 2 is 1.93 bits per heavy atom. The van der Waals surface area contributed by atoms with Crippen molar-refractivity contribution in [3.8, 4) is 0 Å². The largest absolute Gasteiger partial charge is 0.480 e. The van der Waals surface area contributed by atoms with Crippen LogP contribution in [0.5, 0.6) is 0 Å². The van der Waals surface area contributed by atoms with Crippen molar-refractivity contribution in [2.75, 3.05) is 13.6 Å². The second-order valence-electron chi connectivity index (χ2n) is 3.83. The first-order valence-electron chi connectivity index (χ1n) is 5.14. The first kappa shape index (κ1) is 13.7. The van der Waals surface area contributed by atoms with Gasteiger partial charge in [0.15, 0.2) is 0 Å². The van der Waals surface area contributed by atoms with Crippen LogP contribution < -0.4 is 5.32 Å². The van der Waals surface area contributed by atoms with E-state index in [1.165, 1.54) is 11.8 Å².